The summed E-state index contributed by atoms with van der Waals surface area (Å²) in [6.45, 7) is 2.11. The van der Waals surface area contributed by atoms with Gasteiger partial charge < -0.3 is 14.6 Å². The van der Waals surface area contributed by atoms with Gasteiger partial charge in [-0.15, -0.1) is 0 Å². The zero-order chi connectivity index (χ0) is 29.9. The van der Waals surface area contributed by atoms with Gasteiger partial charge in [-0.1, -0.05) is 47.5 Å². The van der Waals surface area contributed by atoms with Crippen LogP contribution in [0, 0.1) is 5.92 Å². The molecule has 6 rings (SSSR count). The highest BCUT2D eigenvalue weighted by Crippen LogP contribution is 2.40. The van der Waals surface area contributed by atoms with E-state index >= 15 is 0 Å². The molecule has 0 radical (unpaired) electrons. The van der Waals surface area contributed by atoms with E-state index in [1.807, 2.05) is 48.7 Å². The molecule has 0 spiro atoms. The van der Waals surface area contributed by atoms with Crippen molar-refractivity contribution in [3.63, 3.8) is 0 Å². The molecule has 224 valence electrons. The first-order chi connectivity index (χ1) is 20.9. The first-order valence-electron chi connectivity index (χ1n) is 15.0. The van der Waals surface area contributed by atoms with Crippen LogP contribution >= 0.6 is 23.2 Å². The fourth-order valence-electron chi connectivity index (χ4n) is 7.01. The van der Waals surface area contributed by atoms with Crippen molar-refractivity contribution in [2.24, 2.45) is 5.92 Å². The van der Waals surface area contributed by atoms with Gasteiger partial charge in [0.05, 0.1) is 28.2 Å². The topological polar surface area (TPSA) is 76.5 Å². The molecule has 0 saturated carbocycles. The van der Waals surface area contributed by atoms with Gasteiger partial charge in [0.1, 0.15) is 11.4 Å². The van der Waals surface area contributed by atoms with Gasteiger partial charge in [-0.25, -0.2) is 0 Å². The molecule has 7 nitrogen and oxygen atoms in total. The molecule has 2 aromatic carbocycles. The third-order valence-corrected chi connectivity index (χ3v) is 9.72. The number of hydrogen-bond acceptors (Lipinski definition) is 5. The Balaban J connectivity index is 1.10. The fourth-order valence-corrected chi connectivity index (χ4v) is 7.33. The van der Waals surface area contributed by atoms with E-state index in [2.05, 4.69) is 19.8 Å². The zero-order valence-electron chi connectivity index (χ0n) is 24.3. The van der Waals surface area contributed by atoms with Crippen molar-refractivity contribution in [3.8, 4) is 5.75 Å². The number of benzene rings is 2. The monoisotopic (exact) mass is 618 g/mol. The van der Waals surface area contributed by atoms with Crippen molar-refractivity contribution in [1.29, 1.82) is 0 Å². The first kappa shape index (κ1) is 29.7. The number of ether oxygens (including phenoxy) is 1. The lowest BCUT2D eigenvalue weighted by Crippen LogP contribution is -2.43. The highest BCUT2D eigenvalue weighted by molar-refractivity contribution is 6.42. The van der Waals surface area contributed by atoms with Crippen LogP contribution in [0.2, 0.25) is 10.0 Å². The molecule has 2 bridgehead atoms. The number of ketones is 1. The quantitative estimate of drug-likeness (QED) is 0.180. The fraction of sp³-hybridized carbons (Fsp3) is 0.382. The number of carbonyl (C=O) groups is 2. The molecular formula is C34H36Cl2N4O3. The molecule has 2 fully saturated rings. The van der Waals surface area contributed by atoms with Crippen LogP contribution in [0.1, 0.15) is 64.9 Å². The van der Waals surface area contributed by atoms with Gasteiger partial charge in [0, 0.05) is 55.9 Å². The Labute approximate surface area is 262 Å². The summed E-state index contributed by atoms with van der Waals surface area (Å²) in [7, 11) is 1.66. The molecule has 2 aliphatic heterocycles. The van der Waals surface area contributed by atoms with E-state index in [1.54, 1.807) is 25.4 Å². The Morgan fingerprint density at radius 3 is 2.53 bits per heavy atom. The Morgan fingerprint density at radius 1 is 1.00 bits per heavy atom. The van der Waals surface area contributed by atoms with Crippen molar-refractivity contribution in [2.45, 2.75) is 63.7 Å². The molecule has 43 heavy (non-hydrogen) atoms. The van der Waals surface area contributed by atoms with Gasteiger partial charge >= 0.3 is 0 Å². The lowest BCUT2D eigenvalue weighted by atomic mass is 9.86. The second-order valence-corrected chi connectivity index (χ2v) is 12.5. The van der Waals surface area contributed by atoms with E-state index < -0.39 is 0 Å². The predicted octanol–water partition coefficient (Wildman–Crippen LogP) is 7.19. The molecule has 2 saturated heterocycles. The second-order valence-electron chi connectivity index (χ2n) is 11.7. The third kappa shape index (κ3) is 6.44. The van der Waals surface area contributed by atoms with Gasteiger partial charge in [0.25, 0.3) is 5.91 Å². The lowest BCUT2D eigenvalue weighted by molar-refractivity contribution is 0.0803. The normalized spacial score (nSPS) is 19.9. The zero-order valence-corrected chi connectivity index (χ0v) is 25.8. The van der Waals surface area contributed by atoms with E-state index in [9.17, 15) is 9.59 Å². The number of carbonyl (C=O) groups excluding carboxylic acids is 2. The van der Waals surface area contributed by atoms with Gasteiger partial charge in [-0.05, 0) is 73.9 Å². The Kier molecular flexibility index (Phi) is 9.03. The molecule has 1 N–H and O–H groups in total. The van der Waals surface area contributed by atoms with Crippen molar-refractivity contribution < 1.29 is 14.3 Å². The predicted molar refractivity (Wildman–Crippen MR) is 170 cm³/mol. The number of aromatic nitrogens is 2. The minimum atomic E-state index is -0.150. The highest BCUT2D eigenvalue weighted by atomic mass is 35.5. The van der Waals surface area contributed by atoms with E-state index in [4.69, 9.17) is 27.9 Å². The molecule has 0 aliphatic carbocycles. The summed E-state index contributed by atoms with van der Waals surface area (Å²) < 4.78 is 7.86. The van der Waals surface area contributed by atoms with Gasteiger partial charge in [0.2, 0.25) is 0 Å². The minimum absolute atomic E-state index is 0.150. The number of amides is 1. The standard InChI is InChI=1S/C34H36Cl2N4O3/c1-43-32-8-4-6-26-27(34(42)38-20-22-9-12-28(35)29(36)18-22)21-39(33(26)32)14-5-15-40-24-10-11-25(40)17-23(16-24)19-31(41)30-7-2-3-13-37-30/h2-4,6-9,12-13,18,21,23-25H,5,10-11,14-17,19-20H2,1H3,(H,38,42)/t23-,24-,25+. The summed E-state index contributed by atoms with van der Waals surface area (Å²) in [6, 6.07) is 17.8. The number of nitrogens with zero attached hydrogens (tertiary/aromatic N) is 3. The number of Topliss-reactive ketones (excluding diaryl/α,β-unsaturated/α-hetero) is 1. The summed E-state index contributed by atoms with van der Waals surface area (Å²) in [5.41, 5.74) is 3.00. The molecule has 4 heterocycles. The van der Waals surface area contributed by atoms with Crippen LogP contribution in [-0.2, 0) is 13.1 Å². The van der Waals surface area contributed by atoms with Crippen molar-refractivity contribution in [1.82, 2.24) is 19.8 Å². The van der Waals surface area contributed by atoms with Gasteiger partial charge in [-0.3, -0.25) is 19.5 Å². The van der Waals surface area contributed by atoms with Crippen molar-refractivity contribution in [3.05, 3.63) is 93.9 Å². The van der Waals surface area contributed by atoms with Crippen molar-refractivity contribution in [2.75, 3.05) is 13.7 Å². The van der Waals surface area contributed by atoms with E-state index in [0.29, 0.717) is 52.3 Å². The number of rotatable bonds is 11. The van der Waals surface area contributed by atoms with Crippen LogP contribution in [0.4, 0.5) is 0 Å². The average Bonchev–Trinajstić information content (AvgIpc) is 3.51. The number of aryl methyl sites for hydroxylation is 1. The Bertz CT molecular complexity index is 1610. The number of halogens is 2. The molecule has 0 unspecified atom stereocenters. The van der Waals surface area contributed by atoms with E-state index in [1.165, 1.54) is 12.8 Å². The van der Waals surface area contributed by atoms with E-state index in [0.717, 1.165) is 54.6 Å². The van der Waals surface area contributed by atoms with E-state index in [-0.39, 0.29) is 11.7 Å². The van der Waals surface area contributed by atoms with Crippen LogP contribution in [0.3, 0.4) is 0 Å². The number of pyridine rings is 1. The molecular weight excluding hydrogens is 583 g/mol. The largest absolute Gasteiger partial charge is 0.495 e. The molecule has 1 amide bonds. The third-order valence-electron chi connectivity index (χ3n) is 8.98. The smallest absolute Gasteiger partial charge is 0.253 e. The van der Waals surface area contributed by atoms with Crippen LogP contribution < -0.4 is 10.1 Å². The number of hydrogen-bond donors (Lipinski definition) is 1. The maximum absolute atomic E-state index is 13.3. The Morgan fingerprint density at radius 2 is 1.81 bits per heavy atom. The number of para-hydroxylation sites is 1. The maximum Gasteiger partial charge on any atom is 0.253 e. The molecule has 2 aromatic heterocycles. The summed E-state index contributed by atoms with van der Waals surface area (Å²) >= 11 is 12.2. The summed E-state index contributed by atoms with van der Waals surface area (Å²) in [5.74, 6) is 1.18. The molecule has 2 aliphatic rings. The number of nitrogens with one attached hydrogen (secondary N) is 1. The van der Waals surface area contributed by atoms with Crippen LogP contribution in [0.15, 0.2) is 67.0 Å². The molecule has 4 aromatic rings. The van der Waals surface area contributed by atoms with Gasteiger partial charge in [-0.2, -0.15) is 0 Å². The lowest BCUT2D eigenvalue weighted by Gasteiger charge is -2.39. The van der Waals surface area contributed by atoms with Gasteiger partial charge in [0.15, 0.2) is 5.78 Å². The first-order valence-corrected chi connectivity index (χ1v) is 15.7. The Hall–Kier alpha value is -3.39. The van der Waals surface area contributed by atoms with Crippen LogP contribution in [-0.4, -0.2) is 51.9 Å². The number of piperidine rings is 1. The summed E-state index contributed by atoms with van der Waals surface area (Å²) in [5, 5.41) is 4.84. The second kappa shape index (κ2) is 13.1. The summed E-state index contributed by atoms with van der Waals surface area (Å²) in [4.78, 5) is 33.0. The summed E-state index contributed by atoms with van der Waals surface area (Å²) in [6.07, 6.45) is 9.71. The number of methoxy groups -OCH3 is 1. The SMILES string of the molecule is COc1cccc2c(C(=O)NCc3ccc(Cl)c(Cl)c3)cn(CCCN3[C@@H]4CC[C@H]3C[C@H](CC(=O)c3ccccn3)C4)c12. The van der Waals surface area contributed by atoms with Crippen LogP contribution in [0.5, 0.6) is 5.75 Å². The highest BCUT2D eigenvalue weighted by Gasteiger charge is 2.40. The van der Waals surface area contributed by atoms with Crippen LogP contribution in [0.25, 0.3) is 10.9 Å². The molecule has 3 atom stereocenters. The van der Waals surface area contributed by atoms with Crippen molar-refractivity contribution >= 4 is 45.8 Å². The average molecular weight is 620 g/mol. The molecule has 9 heteroatoms. The maximum atomic E-state index is 13.3. The minimum Gasteiger partial charge on any atom is -0.495 e. The number of fused-ring (bicyclic) bond motifs is 3.